The van der Waals surface area contributed by atoms with E-state index < -0.39 is 19.2 Å². The predicted octanol–water partition coefficient (Wildman–Crippen LogP) is 3.18. The van der Waals surface area contributed by atoms with Crippen LogP contribution in [0.3, 0.4) is 0 Å². The van der Waals surface area contributed by atoms with E-state index in [0.29, 0.717) is 26.2 Å². The van der Waals surface area contributed by atoms with Crippen molar-refractivity contribution < 1.29 is 35.6 Å². The summed E-state index contributed by atoms with van der Waals surface area (Å²) in [5, 5.41) is 8.60. The van der Waals surface area contributed by atoms with Crippen molar-refractivity contribution in [3.05, 3.63) is 59.7 Å². The van der Waals surface area contributed by atoms with E-state index in [4.69, 9.17) is 29.4 Å². The van der Waals surface area contributed by atoms with Crippen LogP contribution in [0.15, 0.2) is 58.3 Å². The highest BCUT2D eigenvalue weighted by Gasteiger charge is 2.25. The van der Waals surface area contributed by atoms with Crippen molar-refractivity contribution in [1.29, 1.82) is 0 Å². The summed E-state index contributed by atoms with van der Waals surface area (Å²) in [6.07, 6.45) is 0.932. The van der Waals surface area contributed by atoms with Gasteiger partial charge in [0.25, 0.3) is 19.2 Å². The first-order valence-corrected chi connectivity index (χ1v) is 14.0. The third kappa shape index (κ3) is 10.1. The molecule has 2 fully saturated rings. The standard InChI is InChI=1S/C11H14O4S.C7H7ClO2S.C4H8O2/c1-9-2-4-11(5-3-9)16(12,13)15-10-6-7-14-8-10;1-6-2-4-7(5-3-6)11(8,9)10;5-4-1-2-6-3-4/h2-5,10H,6-8H2,1H3;2-5H,1H3;4-5H,1-3H2/t10-;;4-/m1.1/s1. The van der Waals surface area contributed by atoms with Crippen LogP contribution in [0.25, 0.3) is 0 Å². The van der Waals surface area contributed by atoms with Gasteiger partial charge in [-0.05, 0) is 44.5 Å². The average molecular weight is 521 g/mol. The predicted molar refractivity (Wildman–Crippen MR) is 124 cm³/mol. The molecule has 0 bridgehead atoms. The van der Waals surface area contributed by atoms with Gasteiger partial charge in [-0.25, -0.2) is 8.42 Å². The summed E-state index contributed by atoms with van der Waals surface area (Å²) in [6, 6.07) is 13.0. The smallest absolute Gasteiger partial charge is 0.297 e. The lowest BCUT2D eigenvalue weighted by Gasteiger charge is -2.10. The van der Waals surface area contributed by atoms with E-state index >= 15 is 0 Å². The van der Waals surface area contributed by atoms with Crippen LogP contribution < -0.4 is 0 Å². The van der Waals surface area contributed by atoms with Gasteiger partial charge in [0, 0.05) is 30.3 Å². The summed E-state index contributed by atoms with van der Waals surface area (Å²) < 4.78 is 60.0. The molecule has 0 aliphatic carbocycles. The lowest BCUT2D eigenvalue weighted by atomic mass is 10.2. The average Bonchev–Trinajstić information content (AvgIpc) is 3.42. The Hall–Kier alpha value is -1.53. The van der Waals surface area contributed by atoms with E-state index in [1.54, 1.807) is 36.4 Å². The van der Waals surface area contributed by atoms with Crippen molar-refractivity contribution in [3.63, 3.8) is 0 Å². The number of ether oxygens (including phenoxy) is 2. The van der Waals surface area contributed by atoms with Gasteiger partial charge in [-0.15, -0.1) is 0 Å². The molecule has 2 aromatic rings. The second kappa shape index (κ2) is 12.8. The molecule has 4 rings (SSSR count). The summed E-state index contributed by atoms with van der Waals surface area (Å²) in [5.74, 6) is 0. The molecule has 2 aliphatic heterocycles. The molecule has 1 N–H and O–H groups in total. The van der Waals surface area contributed by atoms with Crippen LogP contribution in [0.4, 0.5) is 0 Å². The maximum atomic E-state index is 11.8. The fourth-order valence-corrected chi connectivity index (χ4v) is 4.61. The highest BCUT2D eigenvalue weighted by Crippen LogP contribution is 2.19. The zero-order valence-corrected chi connectivity index (χ0v) is 20.9. The molecule has 11 heteroatoms. The van der Waals surface area contributed by atoms with Crippen molar-refractivity contribution >= 4 is 29.9 Å². The molecule has 2 aromatic carbocycles. The van der Waals surface area contributed by atoms with E-state index in [9.17, 15) is 16.8 Å². The van der Waals surface area contributed by atoms with Crippen LogP contribution in [-0.2, 0) is 32.8 Å². The number of hydrogen-bond acceptors (Lipinski definition) is 8. The van der Waals surface area contributed by atoms with Crippen LogP contribution in [0.2, 0.25) is 0 Å². The lowest BCUT2D eigenvalue weighted by Crippen LogP contribution is -2.18. The minimum absolute atomic E-state index is 0.143. The molecule has 0 radical (unpaired) electrons. The summed E-state index contributed by atoms with van der Waals surface area (Å²) >= 11 is 0. The van der Waals surface area contributed by atoms with Gasteiger partial charge in [0.1, 0.15) is 6.10 Å². The van der Waals surface area contributed by atoms with Crippen molar-refractivity contribution in [2.75, 3.05) is 26.4 Å². The van der Waals surface area contributed by atoms with Gasteiger partial charge in [-0.1, -0.05) is 35.4 Å². The molecule has 2 saturated heterocycles. The molecule has 2 aliphatic rings. The second-order valence-electron chi connectivity index (χ2n) is 7.62. The summed E-state index contributed by atoms with van der Waals surface area (Å²) in [7, 11) is -2.10. The van der Waals surface area contributed by atoms with Gasteiger partial charge < -0.3 is 14.6 Å². The minimum Gasteiger partial charge on any atom is -0.391 e. The van der Waals surface area contributed by atoms with Crippen LogP contribution in [-0.4, -0.2) is 60.6 Å². The summed E-state index contributed by atoms with van der Waals surface area (Å²) in [6.45, 7) is 5.98. The molecule has 0 aromatic heterocycles. The molecule has 0 saturated carbocycles. The third-order valence-corrected chi connectivity index (χ3v) is 7.41. The number of aliphatic hydroxyl groups excluding tert-OH is 1. The number of aliphatic hydroxyl groups is 1. The number of benzene rings is 2. The first-order chi connectivity index (χ1) is 15.5. The Morgan fingerprint density at radius 1 is 0.818 bits per heavy atom. The largest absolute Gasteiger partial charge is 0.391 e. The molecule has 2 atom stereocenters. The van der Waals surface area contributed by atoms with Crippen molar-refractivity contribution in [3.8, 4) is 0 Å². The number of aryl methyl sites for hydroxylation is 2. The summed E-state index contributed by atoms with van der Waals surface area (Å²) in [4.78, 5) is 0.342. The zero-order valence-electron chi connectivity index (χ0n) is 18.5. The van der Waals surface area contributed by atoms with Crippen LogP contribution in [0.5, 0.6) is 0 Å². The van der Waals surface area contributed by atoms with Gasteiger partial charge in [-0.2, -0.15) is 8.42 Å². The molecular weight excluding hydrogens is 492 g/mol. The van der Waals surface area contributed by atoms with Crippen LogP contribution >= 0.6 is 10.7 Å². The molecule has 0 amide bonds. The molecule has 0 spiro atoms. The lowest BCUT2D eigenvalue weighted by molar-refractivity contribution is 0.127. The Bertz CT molecular complexity index is 1060. The Morgan fingerprint density at radius 3 is 1.67 bits per heavy atom. The number of halogens is 1. The third-order valence-electron chi connectivity index (χ3n) is 4.67. The highest BCUT2D eigenvalue weighted by atomic mass is 35.7. The monoisotopic (exact) mass is 520 g/mol. The topological polar surface area (TPSA) is 116 Å². The normalized spacial score (nSPS) is 20.4. The van der Waals surface area contributed by atoms with E-state index in [1.807, 2.05) is 13.8 Å². The maximum absolute atomic E-state index is 11.8. The first kappa shape index (κ1) is 27.7. The van der Waals surface area contributed by atoms with E-state index in [0.717, 1.165) is 24.2 Å². The van der Waals surface area contributed by atoms with Gasteiger partial charge in [0.05, 0.1) is 29.1 Å². The molecule has 184 valence electrons. The Balaban J connectivity index is 0.000000195. The fraction of sp³-hybridized carbons (Fsp3) is 0.455. The Labute approximate surface area is 200 Å². The quantitative estimate of drug-likeness (QED) is 0.482. The Morgan fingerprint density at radius 2 is 1.30 bits per heavy atom. The molecule has 2 heterocycles. The van der Waals surface area contributed by atoms with Crippen molar-refractivity contribution in [2.45, 2.75) is 48.7 Å². The fourth-order valence-electron chi connectivity index (χ4n) is 2.75. The van der Waals surface area contributed by atoms with Gasteiger partial charge in [-0.3, -0.25) is 4.18 Å². The summed E-state index contributed by atoms with van der Waals surface area (Å²) in [5.41, 5.74) is 2.03. The molecule has 8 nitrogen and oxygen atoms in total. The minimum atomic E-state index is -3.64. The van der Waals surface area contributed by atoms with Crippen molar-refractivity contribution in [1.82, 2.24) is 0 Å². The SMILES string of the molecule is Cc1ccc(S(=O)(=O)Cl)cc1.Cc1ccc(S(=O)(=O)O[C@@H]2CCOC2)cc1.O[C@@H]1CCOC1. The van der Waals surface area contributed by atoms with E-state index in [1.165, 1.54) is 12.1 Å². The van der Waals surface area contributed by atoms with Gasteiger partial charge in [0.2, 0.25) is 0 Å². The van der Waals surface area contributed by atoms with E-state index in [2.05, 4.69) is 0 Å². The molecule has 0 unspecified atom stereocenters. The van der Waals surface area contributed by atoms with Gasteiger partial charge >= 0.3 is 0 Å². The number of rotatable bonds is 4. The number of hydrogen-bond donors (Lipinski definition) is 1. The molecular formula is C22H29ClO8S2. The zero-order chi connectivity index (χ0) is 24.5. The highest BCUT2D eigenvalue weighted by molar-refractivity contribution is 8.13. The first-order valence-electron chi connectivity index (χ1n) is 10.3. The van der Waals surface area contributed by atoms with Gasteiger partial charge in [0.15, 0.2) is 0 Å². The second-order valence-corrected chi connectivity index (χ2v) is 11.8. The Kier molecular flexibility index (Phi) is 10.7. The van der Waals surface area contributed by atoms with E-state index in [-0.39, 0.29) is 22.0 Å². The van der Waals surface area contributed by atoms with Crippen LogP contribution in [0.1, 0.15) is 24.0 Å². The van der Waals surface area contributed by atoms with Crippen molar-refractivity contribution in [2.24, 2.45) is 0 Å². The maximum Gasteiger partial charge on any atom is 0.297 e. The molecule has 33 heavy (non-hydrogen) atoms. The van der Waals surface area contributed by atoms with Crippen LogP contribution in [0, 0.1) is 13.8 Å².